The highest BCUT2D eigenvalue weighted by Crippen LogP contribution is 2.31. The number of carbonyl (C=O) groups is 1. The second-order valence-electron chi connectivity index (χ2n) is 9.68. The van der Waals surface area contributed by atoms with Gasteiger partial charge in [0.2, 0.25) is 5.95 Å². The molecule has 35 heavy (non-hydrogen) atoms. The van der Waals surface area contributed by atoms with Crippen molar-refractivity contribution in [1.29, 1.82) is 0 Å². The number of anilines is 4. The standard InChI is InChI=1S/C25H29ClN8O/c26-21-14-28-24-30-19-10-16(12-27-13-19)3-4-17-11-18(29-23(21)32-24)5-6-22(17)31-25(35)34-9-8-33-7-1-2-20(33)15-34/h5-6,11-14,16,20H,1-4,7-10,15H2,(H,31,35)(H2,28,29,30,32). The van der Waals surface area contributed by atoms with Crippen LogP contribution in [-0.4, -0.2) is 64.2 Å². The van der Waals surface area contributed by atoms with Crippen LogP contribution in [0, 0.1) is 5.92 Å². The number of hydrogen-bond acceptors (Lipinski definition) is 7. The zero-order valence-electron chi connectivity index (χ0n) is 19.5. The van der Waals surface area contributed by atoms with Gasteiger partial charge in [-0.3, -0.25) is 9.89 Å². The number of halogens is 1. The fraction of sp³-hybridized carbons (Fsp3) is 0.440. The van der Waals surface area contributed by atoms with Gasteiger partial charge in [0.25, 0.3) is 0 Å². The molecule has 0 saturated carbocycles. The Morgan fingerprint density at radius 1 is 1.17 bits per heavy atom. The maximum Gasteiger partial charge on any atom is 0.321 e. The summed E-state index contributed by atoms with van der Waals surface area (Å²) in [4.78, 5) is 31.0. The molecule has 3 N–H and O–H groups in total. The van der Waals surface area contributed by atoms with Gasteiger partial charge in [0, 0.05) is 61.1 Å². The van der Waals surface area contributed by atoms with E-state index in [1.165, 1.54) is 12.8 Å². The number of carbonyl (C=O) groups excluding carboxylic acids is 1. The number of benzene rings is 1. The lowest BCUT2D eigenvalue weighted by Gasteiger charge is -2.37. The summed E-state index contributed by atoms with van der Waals surface area (Å²) >= 11 is 6.38. The molecule has 4 aliphatic heterocycles. The topological polar surface area (TPSA) is 97.8 Å². The largest absolute Gasteiger partial charge is 0.339 e. The van der Waals surface area contributed by atoms with Crippen LogP contribution >= 0.6 is 11.6 Å². The van der Waals surface area contributed by atoms with E-state index in [2.05, 4.69) is 41.9 Å². The lowest BCUT2D eigenvalue weighted by Crippen LogP contribution is -2.53. The van der Waals surface area contributed by atoms with E-state index in [1.54, 1.807) is 6.20 Å². The minimum Gasteiger partial charge on any atom is -0.339 e. The predicted octanol–water partition coefficient (Wildman–Crippen LogP) is 4.48. The number of aliphatic imine (C=N–C) groups is 1. The number of nitrogens with one attached hydrogen (secondary N) is 3. The Kier molecular flexibility index (Phi) is 6.03. The van der Waals surface area contributed by atoms with Crippen molar-refractivity contribution >= 4 is 47.0 Å². The molecule has 0 spiro atoms. The first-order valence-corrected chi connectivity index (χ1v) is 12.7. The van der Waals surface area contributed by atoms with Crippen molar-refractivity contribution in [2.24, 2.45) is 10.9 Å². The number of aryl methyl sites for hydroxylation is 1. The van der Waals surface area contributed by atoms with E-state index in [0.717, 1.165) is 68.1 Å². The van der Waals surface area contributed by atoms with Crippen LogP contribution in [0.5, 0.6) is 0 Å². The fourth-order valence-electron chi connectivity index (χ4n) is 5.41. The van der Waals surface area contributed by atoms with E-state index in [-0.39, 0.29) is 11.9 Å². The summed E-state index contributed by atoms with van der Waals surface area (Å²) in [5.74, 6) is 1.28. The Morgan fingerprint density at radius 2 is 2.11 bits per heavy atom. The molecule has 2 amide bonds. The maximum atomic E-state index is 13.2. The van der Waals surface area contributed by atoms with E-state index < -0.39 is 0 Å². The first-order valence-electron chi connectivity index (χ1n) is 12.3. The van der Waals surface area contributed by atoms with Crippen LogP contribution in [0.2, 0.25) is 5.02 Å². The van der Waals surface area contributed by atoms with Gasteiger partial charge in [0.1, 0.15) is 5.02 Å². The Balaban J connectivity index is 1.26. The molecule has 2 unspecified atom stereocenters. The molecule has 0 aliphatic carbocycles. The summed E-state index contributed by atoms with van der Waals surface area (Å²) in [7, 11) is 0. The highest BCUT2D eigenvalue weighted by Gasteiger charge is 2.32. The third-order valence-corrected chi connectivity index (χ3v) is 7.57. The number of hydrogen-bond donors (Lipinski definition) is 3. The highest BCUT2D eigenvalue weighted by atomic mass is 35.5. The van der Waals surface area contributed by atoms with Crippen molar-refractivity contribution in [1.82, 2.24) is 19.8 Å². The average molecular weight is 493 g/mol. The molecular formula is C25H29ClN8O. The van der Waals surface area contributed by atoms with Crippen LogP contribution in [0.15, 0.2) is 41.3 Å². The van der Waals surface area contributed by atoms with E-state index in [0.29, 0.717) is 22.8 Å². The Hall–Kier alpha value is -3.17. The molecule has 9 nitrogen and oxygen atoms in total. The Bertz CT molecular complexity index is 1200. The minimum absolute atomic E-state index is 0.0199. The predicted molar refractivity (Wildman–Crippen MR) is 139 cm³/mol. The fourth-order valence-corrected chi connectivity index (χ4v) is 5.55. The molecule has 2 fully saturated rings. The lowest BCUT2D eigenvalue weighted by atomic mass is 9.94. The first kappa shape index (κ1) is 22.3. The molecule has 4 aliphatic rings. The van der Waals surface area contributed by atoms with Gasteiger partial charge in [-0.25, -0.2) is 9.78 Å². The molecular weight excluding hydrogens is 464 g/mol. The maximum absolute atomic E-state index is 13.2. The number of piperazine rings is 1. The molecule has 2 atom stereocenters. The summed E-state index contributed by atoms with van der Waals surface area (Å²) in [6.07, 6.45) is 10.4. The summed E-state index contributed by atoms with van der Waals surface area (Å²) < 4.78 is 0. The second-order valence-corrected chi connectivity index (χ2v) is 10.1. The van der Waals surface area contributed by atoms with Crippen molar-refractivity contribution in [2.75, 3.05) is 42.1 Å². The summed E-state index contributed by atoms with van der Waals surface area (Å²) in [5, 5.41) is 10.2. The molecule has 6 rings (SSSR count). The normalized spacial score (nSPS) is 23.6. The van der Waals surface area contributed by atoms with Crippen LogP contribution in [0.25, 0.3) is 0 Å². The zero-order valence-corrected chi connectivity index (χ0v) is 20.3. The van der Waals surface area contributed by atoms with Crippen LogP contribution < -0.4 is 16.0 Å². The molecule has 5 heterocycles. The van der Waals surface area contributed by atoms with Gasteiger partial charge in [-0.1, -0.05) is 11.6 Å². The lowest BCUT2D eigenvalue weighted by molar-refractivity contribution is 0.124. The number of rotatable bonds is 1. The molecule has 0 radical (unpaired) electrons. The van der Waals surface area contributed by atoms with Crippen molar-refractivity contribution in [2.45, 2.75) is 38.1 Å². The van der Waals surface area contributed by atoms with Gasteiger partial charge in [0.05, 0.1) is 6.20 Å². The molecule has 1 aromatic carbocycles. The second kappa shape index (κ2) is 9.47. The van der Waals surface area contributed by atoms with Gasteiger partial charge in [0.15, 0.2) is 5.82 Å². The minimum atomic E-state index is -0.0199. The molecule has 2 saturated heterocycles. The van der Waals surface area contributed by atoms with E-state index in [4.69, 9.17) is 11.6 Å². The quantitative estimate of drug-likeness (QED) is 0.543. The summed E-state index contributed by atoms with van der Waals surface area (Å²) in [6.45, 7) is 3.69. The zero-order chi connectivity index (χ0) is 23.8. The molecule has 10 heteroatoms. The summed E-state index contributed by atoms with van der Waals surface area (Å²) in [5.41, 5.74) is 3.75. The van der Waals surface area contributed by atoms with Gasteiger partial charge >= 0.3 is 6.03 Å². The highest BCUT2D eigenvalue weighted by molar-refractivity contribution is 6.32. The Labute approximate surface area is 209 Å². The van der Waals surface area contributed by atoms with Crippen LogP contribution in [0.1, 0.15) is 31.2 Å². The number of allylic oxidation sites excluding steroid dienone is 1. The third-order valence-electron chi connectivity index (χ3n) is 7.29. The van der Waals surface area contributed by atoms with Gasteiger partial charge < -0.3 is 20.9 Å². The number of urea groups is 1. The molecule has 6 bridgehead atoms. The van der Waals surface area contributed by atoms with Crippen LogP contribution in [0.4, 0.5) is 27.9 Å². The van der Waals surface area contributed by atoms with Crippen molar-refractivity contribution < 1.29 is 4.79 Å². The number of nitrogens with zero attached hydrogens (tertiary/aromatic N) is 5. The van der Waals surface area contributed by atoms with Crippen molar-refractivity contribution in [3.05, 3.63) is 46.9 Å². The first-order chi connectivity index (χ1) is 17.1. The number of aromatic nitrogens is 2. The molecule has 2 aromatic rings. The SMILES string of the molecule is O=C(Nc1ccc2cc1CCC1C=NC=C(C1)Nc1ncc(Cl)c(n1)N2)N1CCN2CCCC2C1. The van der Waals surface area contributed by atoms with E-state index in [1.807, 2.05) is 29.4 Å². The average Bonchev–Trinajstić information content (AvgIpc) is 3.34. The van der Waals surface area contributed by atoms with Crippen LogP contribution in [0.3, 0.4) is 0 Å². The van der Waals surface area contributed by atoms with Crippen molar-refractivity contribution in [3.63, 3.8) is 0 Å². The summed E-state index contributed by atoms with van der Waals surface area (Å²) in [6, 6.07) is 6.47. The van der Waals surface area contributed by atoms with Gasteiger partial charge in [-0.2, -0.15) is 4.98 Å². The van der Waals surface area contributed by atoms with Gasteiger partial charge in [-0.05, 0) is 62.4 Å². The van der Waals surface area contributed by atoms with Crippen LogP contribution in [-0.2, 0) is 6.42 Å². The van der Waals surface area contributed by atoms with E-state index in [9.17, 15) is 4.79 Å². The van der Waals surface area contributed by atoms with Gasteiger partial charge in [-0.15, -0.1) is 0 Å². The van der Waals surface area contributed by atoms with Crippen molar-refractivity contribution in [3.8, 4) is 0 Å². The van der Waals surface area contributed by atoms with E-state index >= 15 is 0 Å². The molecule has 1 aromatic heterocycles. The number of amides is 2. The third kappa shape index (κ3) is 4.83. The molecule has 182 valence electrons. The smallest absolute Gasteiger partial charge is 0.321 e. The monoisotopic (exact) mass is 492 g/mol. The Morgan fingerprint density at radius 3 is 3.06 bits per heavy atom. The number of fused-ring (bicyclic) bond motifs is 7.